The molecule has 0 spiro atoms. The van der Waals surface area contributed by atoms with Gasteiger partial charge >= 0.3 is 0 Å². The zero-order chi connectivity index (χ0) is 20.6. The number of hydrogen-bond donors (Lipinski definition) is 4. The molecule has 0 radical (unpaired) electrons. The Morgan fingerprint density at radius 3 is 2.50 bits per heavy atom. The number of aromatic hydroxyl groups is 3. The Hall–Kier alpha value is -2.97. The van der Waals surface area contributed by atoms with E-state index in [1.54, 1.807) is 19.2 Å². The highest BCUT2D eigenvalue weighted by Crippen LogP contribution is 2.50. The van der Waals surface area contributed by atoms with Crippen molar-refractivity contribution in [1.29, 1.82) is 0 Å². The molecule has 2 atom stereocenters. The molecule has 2 unspecified atom stereocenters. The molecule has 28 heavy (non-hydrogen) atoms. The number of phenols is 3. The van der Waals surface area contributed by atoms with Crippen molar-refractivity contribution >= 4 is 6.29 Å². The summed E-state index contributed by atoms with van der Waals surface area (Å²) in [6, 6.07) is 3.77. The summed E-state index contributed by atoms with van der Waals surface area (Å²) in [4.78, 5) is 13.6. The molecule has 0 fully saturated rings. The number of methoxy groups -OCH3 is 2. The van der Waals surface area contributed by atoms with Crippen LogP contribution >= 0.6 is 0 Å². The van der Waals surface area contributed by atoms with E-state index < -0.39 is 29.4 Å². The second kappa shape index (κ2) is 7.57. The van der Waals surface area contributed by atoms with Crippen molar-refractivity contribution < 1.29 is 34.7 Å². The van der Waals surface area contributed by atoms with Gasteiger partial charge in [0.15, 0.2) is 29.3 Å². The number of fused-ring (bicyclic) bond motifs is 1. The SMILES string of the molecule is COc1ccc(C(O)C2c3c(cc(O)c(O)c3O)CCN2C)c(C=O)c1OC. The molecule has 3 rings (SSSR count). The molecule has 0 amide bonds. The fourth-order valence-corrected chi connectivity index (χ4v) is 3.82. The Morgan fingerprint density at radius 1 is 1.18 bits per heavy atom. The lowest BCUT2D eigenvalue weighted by atomic mass is 9.84. The first-order valence-electron chi connectivity index (χ1n) is 8.70. The van der Waals surface area contributed by atoms with Crippen molar-refractivity contribution in [1.82, 2.24) is 4.90 Å². The van der Waals surface area contributed by atoms with Crippen molar-refractivity contribution in [3.05, 3.63) is 40.5 Å². The van der Waals surface area contributed by atoms with Gasteiger partial charge < -0.3 is 29.9 Å². The van der Waals surface area contributed by atoms with Gasteiger partial charge in [-0.05, 0) is 36.7 Å². The molecule has 8 heteroatoms. The Balaban J connectivity index is 2.18. The van der Waals surface area contributed by atoms with E-state index in [9.17, 15) is 25.2 Å². The van der Waals surface area contributed by atoms with E-state index >= 15 is 0 Å². The second-order valence-corrected chi connectivity index (χ2v) is 6.71. The summed E-state index contributed by atoms with van der Waals surface area (Å²) in [6.07, 6.45) is -0.125. The average Bonchev–Trinajstić information content (AvgIpc) is 2.70. The number of ether oxygens (including phenoxy) is 2. The molecule has 0 aromatic heterocycles. The number of rotatable bonds is 5. The highest BCUT2D eigenvalue weighted by molar-refractivity contribution is 5.84. The monoisotopic (exact) mass is 389 g/mol. The summed E-state index contributed by atoms with van der Waals surface area (Å²) in [5.41, 5.74) is 1.35. The first-order valence-corrected chi connectivity index (χ1v) is 8.70. The number of aldehydes is 1. The minimum atomic E-state index is -1.22. The molecular weight excluding hydrogens is 366 g/mol. The van der Waals surface area contributed by atoms with Gasteiger partial charge in [0.1, 0.15) is 0 Å². The maximum absolute atomic E-state index is 11.8. The van der Waals surface area contributed by atoms with Crippen molar-refractivity contribution in [2.45, 2.75) is 18.6 Å². The maximum Gasteiger partial charge on any atom is 0.200 e. The van der Waals surface area contributed by atoms with Crippen LogP contribution in [0.2, 0.25) is 0 Å². The summed E-state index contributed by atoms with van der Waals surface area (Å²) in [6.45, 7) is 0.544. The van der Waals surface area contributed by atoms with Gasteiger partial charge in [-0.15, -0.1) is 0 Å². The quantitative estimate of drug-likeness (QED) is 0.452. The van der Waals surface area contributed by atoms with E-state index in [2.05, 4.69) is 0 Å². The first-order chi connectivity index (χ1) is 13.3. The van der Waals surface area contributed by atoms with E-state index in [1.165, 1.54) is 20.3 Å². The van der Waals surface area contributed by atoms with Gasteiger partial charge in [-0.1, -0.05) is 6.07 Å². The molecule has 0 bridgehead atoms. The normalized spacial score (nSPS) is 17.6. The van der Waals surface area contributed by atoms with E-state index in [-0.39, 0.29) is 11.3 Å². The zero-order valence-corrected chi connectivity index (χ0v) is 15.8. The van der Waals surface area contributed by atoms with Crippen molar-refractivity contribution in [2.24, 2.45) is 0 Å². The molecule has 2 aromatic rings. The van der Waals surface area contributed by atoms with Gasteiger partial charge in [-0.25, -0.2) is 0 Å². The molecule has 1 heterocycles. The number of hydrogen-bond acceptors (Lipinski definition) is 8. The molecule has 1 aliphatic rings. The maximum atomic E-state index is 11.8. The van der Waals surface area contributed by atoms with Crippen LogP contribution in [0.1, 0.15) is 39.2 Å². The molecule has 2 aromatic carbocycles. The minimum absolute atomic E-state index is 0.136. The Kier molecular flexibility index (Phi) is 5.35. The summed E-state index contributed by atoms with van der Waals surface area (Å²) in [5.74, 6) is -1.00. The van der Waals surface area contributed by atoms with Crippen LogP contribution in [0.5, 0.6) is 28.7 Å². The van der Waals surface area contributed by atoms with Crippen LogP contribution in [0.3, 0.4) is 0 Å². The number of benzene rings is 2. The lowest BCUT2D eigenvalue weighted by Gasteiger charge is -2.38. The zero-order valence-electron chi connectivity index (χ0n) is 15.8. The Bertz CT molecular complexity index is 912. The molecule has 4 N–H and O–H groups in total. The van der Waals surface area contributed by atoms with Crippen LogP contribution in [0.4, 0.5) is 0 Å². The number of aliphatic hydroxyl groups is 1. The summed E-state index contributed by atoms with van der Waals surface area (Å²) in [7, 11) is 4.61. The van der Waals surface area contributed by atoms with Gasteiger partial charge in [-0.3, -0.25) is 9.69 Å². The largest absolute Gasteiger partial charge is 0.504 e. The molecule has 8 nitrogen and oxygen atoms in total. The van der Waals surface area contributed by atoms with Crippen molar-refractivity contribution in [3.8, 4) is 28.7 Å². The van der Waals surface area contributed by atoms with Crippen LogP contribution in [0.25, 0.3) is 0 Å². The van der Waals surface area contributed by atoms with Gasteiger partial charge in [0, 0.05) is 12.1 Å². The van der Waals surface area contributed by atoms with Crippen molar-refractivity contribution in [2.75, 3.05) is 27.8 Å². The van der Waals surface area contributed by atoms with Crippen LogP contribution in [0.15, 0.2) is 18.2 Å². The number of carbonyl (C=O) groups excluding carboxylic acids is 1. The van der Waals surface area contributed by atoms with Gasteiger partial charge in [0.25, 0.3) is 0 Å². The third-order valence-corrected chi connectivity index (χ3v) is 5.24. The van der Waals surface area contributed by atoms with Gasteiger partial charge in [0.2, 0.25) is 5.75 Å². The third kappa shape index (κ3) is 3.00. The van der Waals surface area contributed by atoms with Crippen LogP contribution < -0.4 is 9.47 Å². The lowest BCUT2D eigenvalue weighted by molar-refractivity contribution is 0.0532. The number of nitrogens with zero attached hydrogens (tertiary/aromatic N) is 1. The smallest absolute Gasteiger partial charge is 0.200 e. The number of aliphatic hydroxyl groups excluding tert-OH is 1. The van der Waals surface area contributed by atoms with Crippen molar-refractivity contribution in [3.63, 3.8) is 0 Å². The Labute approximate surface area is 162 Å². The van der Waals surface area contributed by atoms with E-state index in [0.29, 0.717) is 41.7 Å². The fraction of sp³-hybridized carbons (Fsp3) is 0.350. The third-order valence-electron chi connectivity index (χ3n) is 5.24. The number of phenolic OH excluding ortho intramolecular Hbond substituents is 3. The molecule has 0 saturated carbocycles. The van der Waals surface area contributed by atoms with Gasteiger partial charge in [-0.2, -0.15) is 0 Å². The predicted molar refractivity (Wildman–Crippen MR) is 100 cm³/mol. The molecule has 150 valence electrons. The molecule has 0 saturated heterocycles. The first kappa shape index (κ1) is 19.8. The van der Waals surface area contributed by atoms with Gasteiger partial charge in [0.05, 0.1) is 31.9 Å². The molecular formula is C20H23NO7. The minimum Gasteiger partial charge on any atom is -0.504 e. The fourth-order valence-electron chi connectivity index (χ4n) is 3.82. The predicted octanol–water partition coefficient (Wildman–Crippen LogP) is 1.90. The lowest BCUT2D eigenvalue weighted by Crippen LogP contribution is -2.36. The van der Waals surface area contributed by atoms with Crippen LogP contribution in [-0.2, 0) is 6.42 Å². The van der Waals surface area contributed by atoms with E-state index in [1.807, 2.05) is 4.90 Å². The molecule has 0 aliphatic carbocycles. The topological polar surface area (TPSA) is 120 Å². The summed E-state index contributed by atoms with van der Waals surface area (Å²) >= 11 is 0. The number of carbonyl (C=O) groups is 1. The van der Waals surface area contributed by atoms with E-state index in [0.717, 1.165) is 0 Å². The van der Waals surface area contributed by atoms with Crippen LogP contribution in [0, 0.1) is 0 Å². The van der Waals surface area contributed by atoms with E-state index in [4.69, 9.17) is 9.47 Å². The Morgan fingerprint density at radius 2 is 1.89 bits per heavy atom. The molecule has 1 aliphatic heterocycles. The summed E-state index contributed by atoms with van der Waals surface area (Å²) < 4.78 is 10.5. The highest BCUT2D eigenvalue weighted by atomic mass is 16.5. The average molecular weight is 389 g/mol. The standard InChI is InChI=1S/C20H23NO7/c1-21-7-6-10-8-13(23)18(25)19(26)15(10)16(21)17(24)11-4-5-14(27-2)20(28-3)12(11)9-22/h4-5,8-9,16-17,23-26H,6-7H2,1-3H3. The highest BCUT2D eigenvalue weighted by Gasteiger charge is 2.37. The number of likely N-dealkylation sites (N-methyl/N-ethyl adjacent to an activating group) is 1. The summed E-state index contributed by atoms with van der Waals surface area (Å²) in [5, 5.41) is 41.4. The van der Waals surface area contributed by atoms with Crippen LogP contribution in [-0.4, -0.2) is 59.4 Å². The second-order valence-electron chi connectivity index (χ2n) is 6.71.